The van der Waals surface area contributed by atoms with E-state index in [0.717, 1.165) is 33.0 Å². The predicted octanol–water partition coefficient (Wildman–Crippen LogP) is 7.20. The molecule has 0 bridgehead atoms. The molecule has 5 aromatic rings. The number of nitrogens with zero attached hydrogens (tertiary/aromatic N) is 2. The van der Waals surface area contributed by atoms with Crippen LogP contribution in [0.1, 0.15) is 5.56 Å². The van der Waals surface area contributed by atoms with Gasteiger partial charge in [-0.3, -0.25) is 4.79 Å². The summed E-state index contributed by atoms with van der Waals surface area (Å²) in [5, 5.41) is 15.9. The van der Waals surface area contributed by atoms with Gasteiger partial charge in [-0.2, -0.15) is 0 Å². The third-order valence-corrected chi connectivity index (χ3v) is 6.73. The SMILES string of the molecule is O=C(O)Cc1ccc(-c2csc3c(-c4ccc(NC(=O)Nc5ccccc5OC(F)(F)F)cc4)ncnc23)cc1. The van der Waals surface area contributed by atoms with Crippen LogP contribution in [-0.2, 0) is 11.2 Å². The normalized spacial score (nSPS) is 11.3. The molecule has 0 atom stereocenters. The van der Waals surface area contributed by atoms with Crippen LogP contribution in [0.25, 0.3) is 32.6 Å². The molecule has 0 saturated heterocycles. The Balaban J connectivity index is 1.32. The Morgan fingerprint density at radius 2 is 1.60 bits per heavy atom. The average Bonchev–Trinajstić information content (AvgIpc) is 3.34. The molecule has 2 heterocycles. The van der Waals surface area contributed by atoms with Crippen LogP contribution in [0.3, 0.4) is 0 Å². The van der Waals surface area contributed by atoms with Gasteiger partial charge in [0, 0.05) is 22.2 Å². The second-order valence-electron chi connectivity index (χ2n) is 8.52. The van der Waals surface area contributed by atoms with Crippen molar-refractivity contribution in [2.45, 2.75) is 12.8 Å². The van der Waals surface area contributed by atoms with E-state index >= 15 is 0 Å². The van der Waals surface area contributed by atoms with E-state index in [0.29, 0.717) is 16.9 Å². The predicted molar refractivity (Wildman–Crippen MR) is 145 cm³/mol. The van der Waals surface area contributed by atoms with Crippen LogP contribution in [0.4, 0.5) is 29.3 Å². The van der Waals surface area contributed by atoms with Gasteiger partial charge in [-0.1, -0.05) is 48.5 Å². The third kappa shape index (κ3) is 6.18. The number of para-hydroxylation sites is 2. The number of carbonyl (C=O) groups excluding carboxylic acids is 1. The number of carbonyl (C=O) groups is 2. The van der Waals surface area contributed by atoms with Crippen molar-refractivity contribution in [1.29, 1.82) is 0 Å². The molecule has 8 nitrogen and oxygen atoms in total. The van der Waals surface area contributed by atoms with Crippen LogP contribution in [0, 0.1) is 0 Å². The summed E-state index contributed by atoms with van der Waals surface area (Å²) in [5.74, 6) is -1.42. The summed E-state index contributed by atoms with van der Waals surface area (Å²) >= 11 is 1.48. The van der Waals surface area contributed by atoms with Gasteiger partial charge in [0.1, 0.15) is 6.33 Å². The second kappa shape index (κ2) is 11.0. The van der Waals surface area contributed by atoms with E-state index in [-0.39, 0.29) is 12.1 Å². The Kier molecular flexibility index (Phi) is 7.34. The van der Waals surface area contributed by atoms with Crippen LogP contribution in [0.5, 0.6) is 5.75 Å². The van der Waals surface area contributed by atoms with E-state index in [1.54, 1.807) is 36.4 Å². The van der Waals surface area contributed by atoms with E-state index in [1.807, 2.05) is 17.5 Å². The molecule has 0 aliphatic carbocycles. The van der Waals surface area contributed by atoms with Gasteiger partial charge in [-0.25, -0.2) is 14.8 Å². The summed E-state index contributed by atoms with van der Waals surface area (Å²) in [5.41, 5.74) is 4.99. The number of thiophene rings is 1. The zero-order valence-corrected chi connectivity index (χ0v) is 21.2. The van der Waals surface area contributed by atoms with Gasteiger partial charge in [0.05, 0.1) is 28.0 Å². The molecule has 12 heteroatoms. The maximum atomic E-state index is 12.6. The number of rotatable bonds is 7. The first-order chi connectivity index (χ1) is 19.2. The molecule has 2 aromatic heterocycles. The van der Waals surface area contributed by atoms with Gasteiger partial charge < -0.3 is 20.5 Å². The lowest BCUT2D eigenvalue weighted by atomic mass is 10.0. The number of anilines is 2. The number of alkyl halides is 3. The lowest BCUT2D eigenvalue weighted by Gasteiger charge is -2.14. The van der Waals surface area contributed by atoms with Crippen LogP contribution >= 0.6 is 11.3 Å². The summed E-state index contributed by atoms with van der Waals surface area (Å²) in [4.78, 5) is 32.3. The summed E-state index contributed by atoms with van der Waals surface area (Å²) in [6.07, 6.45) is -3.48. The van der Waals surface area contributed by atoms with Crippen molar-refractivity contribution in [2.24, 2.45) is 0 Å². The number of aliphatic carboxylic acids is 1. The molecule has 40 heavy (non-hydrogen) atoms. The maximum absolute atomic E-state index is 12.6. The van der Waals surface area contributed by atoms with E-state index in [1.165, 1.54) is 35.9 Å². The van der Waals surface area contributed by atoms with E-state index in [2.05, 4.69) is 25.3 Å². The number of amides is 2. The quantitative estimate of drug-likeness (QED) is 0.193. The topological polar surface area (TPSA) is 113 Å². The number of carboxylic acid groups (broad SMARTS) is 1. The van der Waals surface area contributed by atoms with Crippen molar-refractivity contribution >= 4 is 44.9 Å². The fraction of sp³-hybridized carbons (Fsp3) is 0.0714. The smallest absolute Gasteiger partial charge is 0.481 e. The highest BCUT2D eigenvalue weighted by atomic mass is 32.1. The fourth-order valence-corrected chi connectivity index (χ4v) is 5.06. The summed E-state index contributed by atoms with van der Waals surface area (Å²) in [6.45, 7) is 0. The molecule has 3 aromatic carbocycles. The number of urea groups is 1. The fourth-order valence-electron chi connectivity index (χ4n) is 4.02. The first-order valence-corrected chi connectivity index (χ1v) is 12.6. The average molecular weight is 565 g/mol. The number of ether oxygens (including phenoxy) is 1. The number of benzene rings is 3. The first kappa shape index (κ1) is 26.6. The molecule has 0 saturated carbocycles. The number of hydrogen-bond donors (Lipinski definition) is 3. The highest BCUT2D eigenvalue weighted by Gasteiger charge is 2.32. The zero-order chi connectivity index (χ0) is 28.3. The Labute approximate surface area is 229 Å². The molecule has 3 N–H and O–H groups in total. The van der Waals surface area contributed by atoms with E-state index in [4.69, 9.17) is 5.11 Å². The molecule has 0 aliphatic heterocycles. The number of nitrogens with one attached hydrogen (secondary N) is 2. The molecule has 0 aliphatic rings. The molecule has 0 fully saturated rings. The van der Waals surface area contributed by atoms with Crippen molar-refractivity contribution in [2.75, 3.05) is 10.6 Å². The summed E-state index contributed by atoms with van der Waals surface area (Å²) < 4.78 is 42.7. The minimum atomic E-state index is -4.90. The molecular weight excluding hydrogens is 545 g/mol. The highest BCUT2D eigenvalue weighted by Crippen LogP contribution is 2.37. The molecule has 202 valence electrons. The Morgan fingerprint density at radius 1 is 0.900 bits per heavy atom. The monoisotopic (exact) mass is 564 g/mol. The minimum absolute atomic E-state index is 0.0523. The van der Waals surface area contributed by atoms with E-state index < -0.39 is 24.1 Å². The minimum Gasteiger partial charge on any atom is -0.481 e. The summed E-state index contributed by atoms with van der Waals surface area (Å²) in [7, 11) is 0. The maximum Gasteiger partial charge on any atom is 0.573 e. The number of carboxylic acids is 1. The Hall–Kier alpha value is -4.97. The van der Waals surface area contributed by atoms with Crippen molar-refractivity contribution < 1.29 is 32.6 Å². The van der Waals surface area contributed by atoms with Crippen molar-refractivity contribution in [3.8, 4) is 28.1 Å². The number of halogens is 3. The standard InChI is InChI=1S/C28H19F3N4O4S/c29-28(30,31)39-22-4-2-1-3-21(22)35-27(38)34-19-11-9-18(10-12-19)24-26-25(33-15-32-24)20(14-40-26)17-7-5-16(6-8-17)13-23(36)37/h1-12,14-15H,13H2,(H,36,37)(H2,34,35,38). The Morgan fingerprint density at radius 3 is 2.30 bits per heavy atom. The van der Waals surface area contributed by atoms with Gasteiger partial charge in [-0.05, 0) is 35.4 Å². The lowest BCUT2D eigenvalue weighted by molar-refractivity contribution is -0.274. The highest BCUT2D eigenvalue weighted by molar-refractivity contribution is 7.18. The largest absolute Gasteiger partial charge is 0.573 e. The van der Waals surface area contributed by atoms with Crippen molar-refractivity contribution in [1.82, 2.24) is 9.97 Å². The molecule has 0 spiro atoms. The van der Waals surface area contributed by atoms with Crippen LogP contribution in [0.2, 0.25) is 0 Å². The number of aromatic nitrogens is 2. The number of hydrogen-bond acceptors (Lipinski definition) is 6. The van der Waals surface area contributed by atoms with Crippen molar-refractivity contribution in [3.05, 3.63) is 90.1 Å². The van der Waals surface area contributed by atoms with Gasteiger partial charge in [0.15, 0.2) is 5.75 Å². The molecule has 5 rings (SSSR count). The van der Waals surface area contributed by atoms with E-state index in [9.17, 15) is 22.8 Å². The van der Waals surface area contributed by atoms with Crippen molar-refractivity contribution in [3.63, 3.8) is 0 Å². The van der Waals surface area contributed by atoms with Gasteiger partial charge in [0.25, 0.3) is 0 Å². The van der Waals surface area contributed by atoms with Crippen LogP contribution in [-0.4, -0.2) is 33.4 Å². The van der Waals surface area contributed by atoms with Crippen LogP contribution < -0.4 is 15.4 Å². The van der Waals surface area contributed by atoms with Gasteiger partial charge >= 0.3 is 18.4 Å². The third-order valence-electron chi connectivity index (χ3n) is 5.75. The van der Waals surface area contributed by atoms with Gasteiger partial charge in [-0.15, -0.1) is 24.5 Å². The second-order valence-corrected chi connectivity index (χ2v) is 9.40. The van der Waals surface area contributed by atoms with Crippen LogP contribution in [0.15, 0.2) is 84.5 Å². The molecular formula is C28H19F3N4O4S. The zero-order valence-electron chi connectivity index (χ0n) is 20.4. The number of fused-ring (bicyclic) bond motifs is 1. The first-order valence-electron chi connectivity index (χ1n) is 11.7. The molecule has 0 radical (unpaired) electrons. The molecule has 0 unspecified atom stereocenters. The summed E-state index contributed by atoms with van der Waals surface area (Å²) in [6, 6.07) is 18.6. The lowest BCUT2D eigenvalue weighted by Crippen LogP contribution is -2.22. The Bertz CT molecular complexity index is 1690. The molecule has 2 amide bonds. The van der Waals surface area contributed by atoms with Gasteiger partial charge in [0.2, 0.25) is 0 Å².